The molecule has 9 rings (SSSR count). The van der Waals surface area contributed by atoms with E-state index in [-0.39, 0.29) is 0 Å². The van der Waals surface area contributed by atoms with Gasteiger partial charge in [0.2, 0.25) is 0 Å². The van der Waals surface area contributed by atoms with Gasteiger partial charge in [-0.3, -0.25) is 24.0 Å². The molecular formula is C44H40N7Si3. The van der Waals surface area contributed by atoms with Crippen LogP contribution >= 0.6 is 0 Å². The fourth-order valence-corrected chi connectivity index (χ4v) is 11.8. The Labute approximate surface area is 318 Å². The molecule has 0 unspecified atom stereocenters. The predicted octanol–water partition coefficient (Wildman–Crippen LogP) is 8.40. The minimum absolute atomic E-state index is 0.406. The quantitative estimate of drug-likeness (QED) is 0.104. The van der Waals surface area contributed by atoms with Crippen LogP contribution in [0.1, 0.15) is 5.56 Å². The molecule has 6 aromatic rings. The second kappa shape index (κ2) is 12.7. The first kappa shape index (κ1) is 34.1. The van der Waals surface area contributed by atoms with Gasteiger partial charge in [-0.2, -0.15) is 0 Å². The van der Waals surface area contributed by atoms with E-state index in [1.54, 1.807) is 0 Å². The Morgan fingerprint density at radius 2 is 1.22 bits per heavy atom. The lowest BCUT2D eigenvalue weighted by Gasteiger charge is -2.32. The van der Waals surface area contributed by atoms with E-state index in [0.717, 1.165) is 82.3 Å². The van der Waals surface area contributed by atoms with Crippen LogP contribution in [-0.2, 0) is 0 Å². The van der Waals surface area contributed by atoms with Crippen LogP contribution in [0.15, 0.2) is 156 Å². The van der Waals surface area contributed by atoms with Crippen LogP contribution in [0.3, 0.4) is 0 Å². The summed E-state index contributed by atoms with van der Waals surface area (Å²) in [4.78, 5) is 2.25. The number of hydrogen-bond donors (Lipinski definition) is 1. The lowest BCUT2D eigenvalue weighted by Crippen LogP contribution is -2.40. The zero-order valence-electron chi connectivity index (χ0n) is 31.3. The molecule has 3 aliphatic rings. The highest BCUT2D eigenvalue weighted by Crippen LogP contribution is 2.38. The Morgan fingerprint density at radius 3 is 1.93 bits per heavy atom. The zero-order chi connectivity index (χ0) is 37.4. The van der Waals surface area contributed by atoms with Crippen molar-refractivity contribution >= 4 is 75.7 Å². The third-order valence-corrected chi connectivity index (χ3v) is 13.8. The average Bonchev–Trinajstić information content (AvgIpc) is 3.66. The van der Waals surface area contributed by atoms with Crippen molar-refractivity contribution in [2.75, 3.05) is 4.90 Å². The van der Waals surface area contributed by atoms with E-state index in [4.69, 9.17) is 23.3 Å². The average molecular weight is 751 g/mol. The summed E-state index contributed by atoms with van der Waals surface area (Å²) in [6, 6.07) is 40.3. The molecule has 0 saturated carbocycles. The second-order valence-electron chi connectivity index (χ2n) is 15.2. The van der Waals surface area contributed by atoms with Gasteiger partial charge in [-0.05, 0) is 95.3 Å². The van der Waals surface area contributed by atoms with Crippen LogP contribution in [0.5, 0.6) is 0 Å². The van der Waals surface area contributed by atoms with Gasteiger partial charge in [0.1, 0.15) is 0 Å². The van der Waals surface area contributed by atoms with E-state index in [0.29, 0.717) is 11.4 Å². The number of nitrogens with zero attached hydrogens (tertiary/aromatic N) is 6. The highest BCUT2D eigenvalue weighted by molar-refractivity contribution is 6.74. The van der Waals surface area contributed by atoms with E-state index in [1.165, 1.54) is 0 Å². The van der Waals surface area contributed by atoms with Gasteiger partial charge in [0.05, 0.1) is 49.9 Å². The van der Waals surface area contributed by atoms with E-state index >= 15 is 0 Å². The Bertz CT molecular complexity index is 2890. The minimum atomic E-state index is -2.35. The molecule has 1 N–H and O–H groups in total. The van der Waals surface area contributed by atoms with Gasteiger partial charge in [0.25, 0.3) is 16.8 Å². The first-order chi connectivity index (χ1) is 26.0. The van der Waals surface area contributed by atoms with E-state index < -0.39 is 25.8 Å². The van der Waals surface area contributed by atoms with E-state index in [9.17, 15) is 5.41 Å². The van der Waals surface area contributed by atoms with E-state index in [1.807, 2.05) is 6.07 Å². The molecule has 0 saturated heterocycles. The minimum Gasteiger partial charge on any atom is -0.319 e. The molecule has 1 radical (unpaired) electrons. The van der Waals surface area contributed by atoms with Crippen LogP contribution in [0, 0.1) is 5.41 Å². The number of anilines is 2. The maximum Gasteiger partial charge on any atom is 0.298 e. The first-order valence-corrected chi connectivity index (χ1v) is 26.6. The maximum absolute atomic E-state index is 10.1. The van der Waals surface area contributed by atoms with Crippen LogP contribution in [0.25, 0.3) is 38.2 Å². The lowest BCUT2D eigenvalue weighted by atomic mass is 9.85. The topological polar surface area (TPSA) is 88.9 Å². The van der Waals surface area contributed by atoms with Crippen molar-refractivity contribution < 1.29 is 0 Å². The maximum atomic E-state index is 10.1. The van der Waals surface area contributed by atoms with Gasteiger partial charge >= 0.3 is 0 Å². The molecule has 0 aromatic heterocycles. The number of benzene rings is 6. The molecule has 1 aliphatic carbocycles. The summed E-state index contributed by atoms with van der Waals surface area (Å²) in [6.45, 7) is 13.1. The molecular weight excluding hydrogens is 711 g/mol. The molecule has 0 spiro atoms. The Balaban J connectivity index is 1.37. The largest absolute Gasteiger partial charge is 0.319 e. The molecule has 7 nitrogen and oxygen atoms in total. The molecule has 0 fully saturated rings. The number of fused-ring (bicyclic) bond motifs is 4. The summed E-state index contributed by atoms with van der Waals surface area (Å²) in [6.07, 6.45) is 4.28. The molecule has 6 aromatic carbocycles. The highest BCUT2D eigenvalue weighted by atomic mass is 28.3. The van der Waals surface area contributed by atoms with Crippen molar-refractivity contribution in [3.05, 3.63) is 160 Å². The highest BCUT2D eigenvalue weighted by Gasteiger charge is 2.34. The van der Waals surface area contributed by atoms with Crippen LogP contribution < -0.4 is 26.3 Å². The Hall–Kier alpha value is -5.69. The van der Waals surface area contributed by atoms with E-state index in [2.05, 4.69) is 166 Å². The van der Waals surface area contributed by atoms with Crippen molar-refractivity contribution in [3.63, 3.8) is 0 Å². The zero-order valence-corrected chi connectivity index (χ0v) is 34.3. The molecule has 0 amide bonds. The third-order valence-electron chi connectivity index (χ3n) is 10.0. The summed E-state index contributed by atoms with van der Waals surface area (Å²) >= 11 is 0. The molecule has 10 heteroatoms. The normalized spacial score (nSPS) is 17.3. The molecule has 2 aliphatic heterocycles. The van der Waals surface area contributed by atoms with Crippen molar-refractivity contribution in [2.24, 2.45) is 23.3 Å². The third kappa shape index (κ3) is 5.78. The van der Waals surface area contributed by atoms with Crippen molar-refractivity contribution in [1.29, 1.82) is 5.41 Å². The number of allylic oxidation sites excluding steroid dienone is 4. The number of nitrogens with one attached hydrogen (secondary N) is 1. The van der Waals surface area contributed by atoms with Crippen molar-refractivity contribution in [1.82, 2.24) is 0 Å². The van der Waals surface area contributed by atoms with Gasteiger partial charge < -0.3 is 9.56 Å². The monoisotopic (exact) mass is 750 g/mol. The second-order valence-corrected chi connectivity index (χ2v) is 24.2. The van der Waals surface area contributed by atoms with Gasteiger partial charge in [-0.25, -0.2) is 0 Å². The molecule has 263 valence electrons. The predicted molar refractivity (Wildman–Crippen MR) is 230 cm³/mol. The Morgan fingerprint density at radius 1 is 0.611 bits per heavy atom. The molecule has 2 heterocycles. The van der Waals surface area contributed by atoms with Crippen molar-refractivity contribution in [3.8, 4) is 11.1 Å². The summed E-state index contributed by atoms with van der Waals surface area (Å²) in [5, 5.41) is 18.2. The number of hydrogen-bond acceptors (Lipinski definition) is 7. The summed E-state index contributed by atoms with van der Waals surface area (Å²) < 4.78 is 26.6. The van der Waals surface area contributed by atoms with Gasteiger partial charge in [-0.1, -0.05) is 104 Å². The molecule has 0 bridgehead atoms. The van der Waals surface area contributed by atoms with Gasteiger partial charge in [-0.15, -0.1) is 0 Å². The fraction of sp³-hybridized carbons (Fsp3) is 0.136. The lowest BCUT2D eigenvalue weighted by molar-refractivity contribution is 1.16. The Kier molecular flexibility index (Phi) is 8.03. The standard InChI is InChI=1S/C44H40N7Si3/c1-52(2)46-43-37(26-24-34(40(43)45)39-31-19-12-10-17-29(31)27-30-18-11-13-20-32(30)39)51(36-22-14-21-35-42(36)49-53(3,4)47-35)38-25-23-33(28-15-8-7-9-16-28)41-44(38)50-54(5,6)48-41/h7-27,45H,1-6H3/b45-40?,46-43-. The van der Waals surface area contributed by atoms with Crippen LogP contribution in [0.2, 0.25) is 39.3 Å². The summed E-state index contributed by atoms with van der Waals surface area (Å²) in [7, 11) is -5.80. The van der Waals surface area contributed by atoms with Crippen molar-refractivity contribution in [2.45, 2.75) is 39.3 Å². The first-order valence-electron chi connectivity index (χ1n) is 18.4. The number of rotatable bonds is 6. The summed E-state index contributed by atoms with van der Waals surface area (Å²) in [5.41, 5.74) is 7.80. The van der Waals surface area contributed by atoms with Crippen LogP contribution in [0.4, 0.5) is 11.4 Å². The SMILES string of the molecule is C[Si](C)/N=C1\C(=N)C(c2c3ccccc3cc3ccccc23)=CC=C1N(c1cccc2c1=N[Si](C)(C)N=2)c1ccc(-c2ccccc2)c2c1=N[Si](C)(C)N=2. The molecule has 54 heavy (non-hydrogen) atoms. The summed E-state index contributed by atoms with van der Waals surface area (Å²) in [5.74, 6) is 0. The smallest absolute Gasteiger partial charge is 0.298 e. The van der Waals surface area contributed by atoms with Crippen LogP contribution in [-0.4, -0.2) is 37.2 Å². The van der Waals surface area contributed by atoms with Gasteiger partial charge in [0.15, 0.2) is 8.96 Å². The van der Waals surface area contributed by atoms with Gasteiger partial charge in [0, 0.05) is 11.1 Å². The fourth-order valence-electron chi connectivity index (χ4n) is 7.89. The molecule has 0 atom stereocenters.